The lowest BCUT2D eigenvalue weighted by molar-refractivity contribution is 0.612. The molecule has 4 heterocycles. The quantitative estimate of drug-likeness (QED) is 0.376. The fourth-order valence-corrected chi connectivity index (χ4v) is 4.49. The lowest BCUT2D eigenvalue weighted by atomic mass is 10.0. The van der Waals surface area contributed by atoms with Crippen molar-refractivity contribution >= 4 is 11.5 Å². The molecule has 0 saturated heterocycles. The molecule has 0 atom stereocenters. The molecule has 0 amide bonds. The van der Waals surface area contributed by atoms with Crippen LogP contribution in [0.15, 0.2) is 73.3 Å². The number of aromatic nitrogens is 8. The van der Waals surface area contributed by atoms with Crippen molar-refractivity contribution in [1.82, 2.24) is 39.3 Å². The van der Waals surface area contributed by atoms with Crippen molar-refractivity contribution in [1.29, 1.82) is 5.26 Å². The number of hydrogen-bond acceptors (Lipinski definition) is 8. The lowest BCUT2D eigenvalue weighted by Gasteiger charge is -2.12. The summed E-state index contributed by atoms with van der Waals surface area (Å²) in [6.07, 6.45) is 4.77. The average Bonchev–Trinajstić information content (AvgIpc) is 3.56. The Morgan fingerprint density at radius 3 is 2.61 bits per heavy atom. The molecular formula is C27H19FN10. The molecular weight excluding hydrogens is 483 g/mol. The molecule has 2 N–H and O–H groups in total. The molecule has 0 spiro atoms. The minimum absolute atomic E-state index is 0.0988. The van der Waals surface area contributed by atoms with Crippen molar-refractivity contribution in [2.24, 2.45) is 7.05 Å². The van der Waals surface area contributed by atoms with Crippen LogP contribution < -0.4 is 5.73 Å². The summed E-state index contributed by atoms with van der Waals surface area (Å²) in [5, 5.41) is 18.7. The van der Waals surface area contributed by atoms with E-state index in [0.29, 0.717) is 50.8 Å². The molecule has 0 unspecified atom stereocenters. The second kappa shape index (κ2) is 9.18. The molecule has 0 aliphatic heterocycles. The van der Waals surface area contributed by atoms with Crippen LogP contribution in [0.3, 0.4) is 0 Å². The van der Waals surface area contributed by atoms with Crippen LogP contribution >= 0.6 is 0 Å². The van der Waals surface area contributed by atoms with E-state index in [-0.39, 0.29) is 18.1 Å². The van der Waals surface area contributed by atoms with Gasteiger partial charge in [0.05, 0.1) is 23.0 Å². The molecule has 6 rings (SSSR count). The number of rotatable bonds is 5. The number of fused-ring (bicyclic) bond motifs is 1. The van der Waals surface area contributed by atoms with Crippen molar-refractivity contribution in [2.75, 3.05) is 5.73 Å². The summed E-state index contributed by atoms with van der Waals surface area (Å²) >= 11 is 0. The van der Waals surface area contributed by atoms with Crippen molar-refractivity contribution in [3.05, 3.63) is 96.1 Å². The van der Waals surface area contributed by atoms with E-state index in [2.05, 4.69) is 31.1 Å². The number of nitrogens with two attached hydrogens (primary N) is 1. The second-order valence-corrected chi connectivity index (χ2v) is 8.49. The van der Waals surface area contributed by atoms with Crippen LogP contribution in [0.2, 0.25) is 0 Å². The predicted octanol–water partition coefficient (Wildman–Crippen LogP) is 3.83. The largest absolute Gasteiger partial charge is 0.381 e. The molecule has 0 saturated carbocycles. The third-order valence-electron chi connectivity index (χ3n) is 6.23. The van der Waals surface area contributed by atoms with Gasteiger partial charge in [-0.05, 0) is 24.3 Å². The summed E-state index contributed by atoms with van der Waals surface area (Å²) in [6, 6.07) is 17.7. The van der Waals surface area contributed by atoms with E-state index in [4.69, 9.17) is 10.8 Å². The number of benzene rings is 2. The van der Waals surface area contributed by atoms with Crippen molar-refractivity contribution in [3.8, 4) is 40.0 Å². The zero-order valence-electron chi connectivity index (χ0n) is 20.1. The van der Waals surface area contributed by atoms with Crippen LogP contribution in [-0.4, -0.2) is 39.3 Å². The maximum atomic E-state index is 15.1. The SMILES string of the molecule is Cn1nccc1-c1cccc(F)c1Cc1nc2c(N)nc(-c3ccccc3C#N)c(-c3ccncn3)n2n1. The maximum absolute atomic E-state index is 15.1. The molecule has 2 aromatic carbocycles. The van der Waals surface area contributed by atoms with E-state index >= 15 is 4.39 Å². The first-order valence-corrected chi connectivity index (χ1v) is 11.6. The molecule has 0 bridgehead atoms. The molecule has 184 valence electrons. The molecule has 0 aliphatic carbocycles. The Labute approximate surface area is 215 Å². The topological polar surface area (TPSA) is 136 Å². The van der Waals surface area contributed by atoms with E-state index in [0.717, 1.165) is 5.69 Å². The average molecular weight is 503 g/mol. The van der Waals surface area contributed by atoms with Gasteiger partial charge >= 0.3 is 0 Å². The van der Waals surface area contributed by atoms with E-state index in [1.54, 1.807) is 59.0 Å². The summed E-state index contributed by atoms with van der Waals surface area (Å²) in [7, 11) is 1.80. The van der Waals surface area contributed by atoms with Crippen LogP contribution in [0, 0.1) is 17.1 Å². The summed E-state index contributed by atoms with van der Waals surface area (Å²) in [5.41, 5.74) is 10.9. The number of hydrogen-bond donors (Lipinski definition) is 1. The Kier molecular flexibility index (Phi) is 5.54. The fourth-order valence-electron chi connectivity index (χ4n) is 4.49. The van der Waals surface area contributed by atoms with Crippen LogP contribution in [0.25, 0.3) is 39.5 Å². The highest BCUT2D eigenvalue weighted by Gasteiger charge is 2.23. The number of nitrogens with zero attached hydrogens (tertiary/aromatic N) is 9. The van der Waals surface area contributed by atoms with Gasteiger partial charge in [-0.1, -0.05) is 30.3 Å². The summed E-state index contributed by atoms with van der Waals surface area (Å²) in [5.74, 6) is 0.0750. The van der Waals surface area contributed by atoms with E-state index in [1.165, 1.54) is 12.4 Å². The smallest absolute Gasteiger partial charge is 0.198 e. The number of anilines is 1. The van der Waals surface area contributed by atoms with E-state index in [1.807, 2.05) is 18.2 Å². The Balaban J connectivity index is 1.57. The van der Waals surface area contributed by atoms with Crippen LogP contribution in [0.4, 0.5) is 10.2 Å². The zero-order chi connectivity index (χ0) is 26.2. The number of halogens is 1. The normalized spacial score (nSPS) is 11.1. The van der Waals surface area contributed by atoms with Crippen LogP contribution in [0.5, 0.6) is 0 Å². The van der Waals surface area contributed by atoms with E-state index in [9.17, 15) is 5.26 Å². The predicted molar refractivity (Wildman–Crippen MR) is 138 cm³/mol. The molecule has 6 aromatic rings. The lowest BCUT2D eigenvalue weighted by Crippen LogP contribution is -2.06. The van der Waals surface area contributed by atoms with Crippen molar-refractivity contribution < 1.29 is 4.39 Å². The van der Waals surface area contributed by atoms with Gasteiger partial charge in [0.1, 0.15) is 23.5 Å². The summed E-state index contributed by atoms with van der Waals surface area (Å²) < 4.78 is 18.4. The van der Waals surface area contributed by atoms with E-state index < -0.39 is 0 Å². The maximum Gasteiger partial charge on any atom is 0.198 e. The van der Waals surface area contributed by atoms with Crippen LogP contribution in [-0.2, 0) is 13.5 Å². The zero-order valence-corrected chi connectivity index (χ0v) is 20.1. The van der Waals surface area contributed by atoms with Gasteiger partial charge in [-0.3, -0.25) is 4.68 Å². The fraction of sp³-hybridized carbons (Fsp3) is 0.0741. The first-order chi connectivity index (χ1) is 18.5. The Bertz CT molecular complexity index is 1850. The molecule has 0 fully saturated rings. The molecule has 0 aliphatic rings. The first-order valence-electron chi connectivity index (χ1n) is 11.6. The van der Waals surface area contributed by atoms with Gasteiger partial charge in [0.2, 0.25) is 0 Å². The summed E-state index contributed by atoms with van der Waals surface area (Å²) in [6.45, 7) is 0. The second-order valence-electron chi connectivity index (χ2n) is 8.49. The number of aryl methyl sites for hydroxylation is 1. The van der Waals surface area contributed by atoms with Crippen LogP contribution in [0.1, 0.15) is 17.0 Å². The highest BCUT2D eigenvalue weighted by molar-refractivity contribution is 5.83. The van der Waals surface area contributed by atoms with Gasteiger partial charge in [0.25, 0.3) is 0 Å². The standard InChI is InChI=1S/C27H19FN10/c1-37-22(10-12-33-37)18-7-4-8-20(28)19(18)13-23-34-27-26(30)35-24(17-6-3-2-5-16(17)14-29)25(38(27)36-23)21-9-11-31-15-32-21/h2-12,15H,13H2,1H3,(H2,30,35). The van der Waals surface area contributed by atoms with Gasteiger partial charge in [-0.15, -0.1) is 0 Å². The monoisotopic (exact) mass is 502 g/mol. The Morgan fingerprint density at radius 2 is 1.84 bits per heavy atom. The van der Waals surface area contributed by atoms with Gasteiger partial charge in [0, 0.05) is 42.6 Å². The minimum atomic E-state index is -0.381. The molecule has 0 radical (unpaired) electrons. The summed E-state index contributed by atoms with van der Waals surface area (Å²) in [4.78, 5) is 17.7. The Morgan fingerprint density at radius 1 is 1.00 bits per heavy atom. The van der Waals surface area contributed by atoms with Gasteiger partial charge in [-0.25, -0.2) is 28.8 Å². The molecule has 10 nitrogen and oxygen atoms in total. The highest BCUT2D eigenvalue weighted by atomic mass is 19.1. The van der Waals surface area contributed by atoms with Gasteiger partial charge < -0.3 is 5.73 Å². The Hall–Kier alpha value is -5.50. The molecule has 4 aromatic heterocycles. The van der Waals surface area contributed by atoms with Crippen molar-refractivity contribution in [3.63, 3.8) is 0 Å². The minimum Gasteiger partial charge on any atom is -0.381 e. The first kappa shape index (κ1) is 22.9. The number of nitriles is 1. The van der Waals surface area contributed by atoms with Gasteiger partial charge in [0.15, 0.2) is 17.3 Å². The number of nitrogen functional groups attached to an aromatic ring is 1. The molecule has 38 heavy (non-hydrogen) atoms. The third-order valence-corrected chi connectivity index (χ3v) is 6.23. The highest BCUT2D eigenvalue weighted by Crippen LogP contribution is 2.34. The molecule has 11 heteroatoms. The third kappa shape index (κ3) is 3.81. The van der Waals surface area contributed by atoms with Crippen molar-refractivity contribution in [2.45, 2.75) is 6.42 Å². The van der Waals surface area contributed by atoms with Gasteiger partial charge in [-0.2, -0.15) is 15.5 Å².